The molecule has 224 valence electrons. The molecule has 0 N–H and O–H groups in total. The van der Waals surface area contributed by atoms with Gasteiger partial charge in [0.25, 0.3) is 0 Å². The van der Waals surface area contributed by atoms with E-state index in [4.69, 9.17) is 0 Å². The van der Waals surface area contributed by atoms with Crippen LogP contribution in [0.25, 0.3) is 0 Å². The summed E-state index contributed by atoms with van der Waals surface area (Å²) in [5.74, 6) is 2.06. The van der Waals surface area contributed by atoms with Gasteiger partial charge in [0.2, 0.25) is 0 Å². The third kappa shape index (κ3) is 12.7. The smallest absolute Gasteiger partial charge is 0.0122 e. The Hall–Kier alpha value is -2.25. The van der Waals surface area contributed by atoms with Gasteiger partial charge in [-0.15, -0.1) is 0 Å². The van der Waals surface area contributed by atoms with E-state index >= 15 is 0 Å². The molecule has 0 radical (unpaired) electrons. The zero-order valence-electron chi connectivity index (χ0n) is 28.0. The highest BCUT2D eigenvalue weighted by Crippen LogP contribution is 2.41. The second-order valence-corrected chi connectivity index (χ2v) is 14.6. The Morgan fingerprint density at radius 2 is 1.00 bits per heavy atom. The summed E-state index contributed by atoms with van der Waals surface area (Å²) in [5, 5.41) is 0. The van der Waals surface area contributed by atoms with Crippen molar-refractivity contribution in [1.82, 2.24) is 0 Å². The van der Waals surface area contributed by atoms with Crippen molar-refractivity contribution in [2.75, 3.05) is 11.5 Å². The largest absolute Gasteiger partial charge is 0.154 e. The fourth-order valence-corrected chi connectivity index (χ4v) is 6.75. The quantitative estimate of drug-likeness (QED) is 0.166. The molecule has 0 aliphatic heterocycles. The lowest BCUT2D eigenvalue weighted by Crippen LogP contribution is -2.19. The zero-order chi connectivity index (χ0) is 30.5. The molecule has 0 unspecified atom stereocenters. The minimum atomic E-state index is 0.299. The zero-order valence-corrected chi connectivity index (χ0v) is 28.8. The molecule has 2 rings (SSSR count). The molecule has 2 aliphatic carbocycles. The van der Waals surface area contributed by atoms with Crippen LogP contribution in [0.15, 0.2) is 117 Å². The molecule has 41 heavy (non-hydrogen) atoms. The number of hydrogen-bond donors (Lipinski definition) is 0. The van der Waals surface area contributed by atoms with Crippen LogP contribution in [0.4, 0.5) is 0 Å². The average Bonchev–Trinajstić information content (AvgIpc) is 2.87. The molecule has 0 atom stereocenters. The van der Waals surface area contributed by atoms with Gasteiger partial charge in [-0.25, -0.2) is 0 Å². The van der Waals surface area contributed by atoms with E-state index in [2.05, 4.69) is 142 Å². The highest BCUT2D eigenvalue weighted by molar-refractivity contribution is 7.99. The molecule has 0 saturated heterocycles. The van der Waals surface area contributed by atoms with E-state index in [9.17, 15) is 0 Å². The topological polar surface area (TPSA) is 0 Å². The Kier molecular flexibility index (Phi) is 14.5. The minimum absolute atomic E-state index is 0.299. The van der Waals surface area contributed by atoms with Gasteiger partial charge < -0.3 is 0 Å². The summed E-state index contributed by atoms with van der Waals surface area (Å²) in [6.07, 6.45) is 34.8. The van der Waals surface area contributed by atoms with Crippen molar-refractivity contribution in [1.29, 1.82) is 0 Å². The van der Waals surface area contributed by atoms with Crippen LogP contribution in [-0.4, -0.2) is 11.5 Å². The van der Waals surface area contributed by atoms with Crippen molar-refractivity contribution < 1.29 is 0 Å². The highest BCUT2D eigenvalue weighted by atomic mass is 32.2. The van der Waals surface area contributed by atoms with Crippen LogP contribution in [0.2, 0.25) is 0 Å². The summed E-state index contributed by atoms with van der Waals surface area (Å²) in [4.78, 5) is 0. The summed E-state index contributed by atoms with van der Waals surface area (Å²) in [5.41, 5.74) is 12.0. The molecule has 1 heteroatoms. The lowest BCUT2D eigenvalue weighted by atomic mass is 9.72. The van der Waals surface area contributed by atoms with Crippen LogP contribution in [0.5, 0.6) is 0 Å². The van der Waals surface area contributed by atoms with Crippen molar-refractivity contribution >= 4 is 11.8 Å². The lowest BCUT2D eigenvalue weighted by Gasteiger charge is -2.33. The average molecular weight is 571 g/mol. The summed E-state index contributed by atoms with van der Waals surface area (Å²) in [6.45, 7) is 22.9. The lowest BCUT2D eigenvalue weighted by molar-refractivity contribution is 0.376. The highest BCUT2D eigenvalue weighted by Gasteiger charge is 2.27. The van der Waals surface area contributed by atoms with Gasteiger partial charge in [0, 0.05) is 11.5 Å². The normalized spacial score (nSPS) is 21.5. The van der Waals surface area contributed by atoms with Gasteiger partial charge in [0.15, 0.2) is 0 Å². The van der Waals surface area contributed by atoms with Gasteiger partial charge in [-0.2, -0.15) is 11.8 Å². The van der Waals surface area contributed by atoms with E-state index in [0.717, 1.165) is 11.5 Å². The number of thioether (sulfide) groups is 1. The fourth-order valence-electron chi connectivity index (χ4n) is 5.85. The second kappa shape index (κ2) is 17.0. The van der Waals surface area contributed by atoms with E-state index in [1.807, 2.05) is 11.8 Å². The number of rotatable bonds is 12. The Balaban J connectivity index is 1.77. The first-order valence-electron chi connectivity index (χ1n) is 15.7. The van der Waals surface area contributed by atoms with E-state index in [1.165, 1.54) is 72.0 Å². The Bertz CT molecular complexity index is 1100. The standard InChI is InChI=1S/C40H58S/c1-31(21-23-37-35(5)19-13-27-39(37,7)8)15-11-17-33(3)25-29-41-30-26-34(4)18-12-16-32(2)22-24-38-36(6)20-14-28-40(38,9)10/h11-12,15-18,21-26H,13-14,19-20,27-30H2,1-10H3. The van der Waals surface area contributed by atoms with Gasteiger partial charge >= 0.3 is 0 Å². The molecule has 0 aromatic carbocycles. The van der Waals surface area contributed by atoms with Gasteiger partial charge in [0.05, 0.1) is 0 Å². The van der Waals surface area contributed by atoms with E-state index in [0.29, 0.717) is 10.8 Å². The second-order valence-electron chi connectivity index (χ2n) is 13.5. The molecule has 0 saturated carbocycles. The summed E-state index contributed by atoms with van der Waals surface area (Å²) in [7, 11) is 0. The van der Waals surface area contributed by atoms with Crippen molar-refractivity contribution in [2.24, 2.45) is 10.8 Å². The first-order chi connectivity index (χ1) is 19.3. The van der Waals surface area contributed by atoms with Crippen LogP contribution in [0, 0.1) is 10.8 Å². The maximum absolute atomic E-state index is 2.38. The maximum atomic E-state index is 2.38. The fraction of sp³-hybridized carbons (Fsp3) is 0.500. The molecule has 0 nitrogen and oxygen atoms in total. The molecular formula is C40H58S. The molecule has 0 amide bonds. The van der Waals surface area contributed by atoms with Crippen LogP contribution < -0.4 is 0 Å². The van der Waals surface area contributed by atoms with Gasteiger partial charge in [-0.3, -0.25) is 0 Å². The Labute approximate surface area is 258 Å². The molecule has 2 aliphatic rings. The van der Waals surface area contributed by atoms with Gasteiger partial charge in [0.1, 0.15) is 0 Å². The van der Waals surface area contributed by atoms with Crippen LogP contribution in [-0.2, 0) is 0 Å². The van der Waals surface area contributed by atoms with E-state index in [1.54, 1.807) is 11.1 Å². The van der Waals surface area contributed by atoms with E-state index in [-0.39, 0.29) is 0 Å². The molecule has 0 bridgehead atoms. The Morgan fingerprint density at radius 3 is 1.37 bits per heavy atom. The van der Waals surface area contributed by atoms with Crippen LogP contribution in [0.3, 0.4) is 0 Å². The van der Waals surface area contributed by atoms with Gasteiger partial charge in [-0.1, -0.05) is 134 Å². The Morgan fingerprint density at radius 1 is 0.610 bits per heavy atom. The predicted octanol–water partition coefficient (Wildman–Crippen LogP) is 12.8. The summed E-state index contributed by atoms with van der Waals surface area (Å²) in [6, 6.07) is 0. The van der Waals surface area contributed by atoms with Crippen molar-refractivity contribution in [3.8, 4) is 0 Å². The maximum Gasteiger partial charge on any atom is 0.0122 e. The SMILES string of the molecule is CC(C=CC1=C(C)CCCC1(C)C)=CC=CC(C)=CCSCC=C(C)C=CC=C(C)C=CC1=C(C)CCCC1(C)C. The molecule has 0 aromatic rings. The first-order valence-corrected chi connectivity index (χ1v) is 16.8. The van der Waals surface area contributed by atoms with E-state index < -0.39 is 0 Å². The number of allylic oxidation sites excluding steroid dienone is 18. The third-order valence-corrected chi connectivity index (χ3v) is 9.40. The third-order valence-electron chi connectivity index (χ3n) is 8.59. The monoisotopic (exact) mass is 570 g/mol. The van der Waals surface area contributed by atoms with Crippen molar-refractivity contribution in [2.45, 2.75) is 108 Å². The molecule has 0 spiro atoms. The van der Waals surface area contributed by atoms with Crippen molar-refractivity contribution in [3.63, 3.8) is 0 Å². The first kappa shape index (κ1) is 34.9. The van der Waals surface area contributed by atoms with Crippen LogP contribution >= 0.6 is 11.8 Å². The summed E-state index contributed by atoms with van der Waals surface area (Å²) >= 11 is 1.95. The molecule has 0 fully saturated rings. The van der Waals surface area contributed by atoms with Crippen molar-refractivity contribution in [3.05, 3.63) is 117 Å². The van der Waals surface area contributed by atoms with Gasteiger partial charge in [-0.05, 0) is 102 Å². The van der Waals surface area contributed by atoms with Crippen LogP contribution in [0.1, 0.15) is 108 Å². The minimum Gasteiger partial charge on any atom is -0.154 e. The molecule has 0 heterocycles. The summed E-state index contributed by atoms with van der Waals surface area (Å²) < 4.78 is 0. The predicted molar refractivity (Wildman–Crippen MR) is 190 cm³/mol. The number of hydrogen-bond acceptors (Lipinski definition) is 1. The molecule has 0 aromatic heterocycles. The molecular weight excluding hydrogens is 513 g/mol.